The Morgan fingerprint density at radius 1 is 1.25 bits per heavy atom. The van der Waals surface area contributed by atoms with E-state index in [2.05, 4.69) is 0 Å². The van der Waals surface area contributed by atoms with Gasteiger partial charge in [-0.1, -0.05) is 12.1 Å². The molecule has 0 saturated carbocycles. The zero-order valence-corrected chi connectivity index (χ0v) is 6.59. The van der Waals surface area contributed by atoms with Gasteiger partial charge in [0.25, 0.3) is 0 Å². The van der Waals surface area contributed by atoms with Crippen molar-refractivity contribution in [3.05, 3.63) is 35.6 Å². The van der Waals surface area contributed by atoms with Gasteiger partial charge in [0.1, 0.15) is 5.82 Å². The molecule has 0 radical (unpaired) electrons. The SMILES string of the molecule is NC1(c2ccc(F)cc2)COC1. The molecule has 0 atom stereocenters. The number of benzene rings is 1. The first-order valence-electron chi connectivity index (χ1n) is 3.83. The summed E-state index contributed by atoms with van der Waals surface area (Å²) in [5.74, 6) is -0.234. The Bertz CT molecular complexity index is 279. The number of hydrogen-bond donors (Lipinski definition) is 1. The summed E-state index contributed by atoms with van der Waals surface area (Å²) in [6.07, 6.45) is 0. The maximum atomic E-state index is 12.5. The Balaban J connectivity index is 2.28. The summed E-state index contributed by atoms with van der Waals surface area (Å²) in [6.45, 7) is 1.05. The molecular formula is C9H10FNO. The van der Waals surface area contributed by atoms with E-state index in [1.165, 1.54) is 12.1 Å². The Morgan fingerprint density at radius 3 is 2.25 bits per heavy atom. The molecule has 0 unspecified atom stereocenters. The largest absolute Gasteiger partial charge is 0.377 e. The maximum absolute atomic E-state index is 12.5. The maximum Gasteiger partial charge on any atom is 0.123 e. The molecule has 1 heterocycles. The third-order valence-electron chi connectivity index (χ3n) is 2.14. The van der Waals surface area contributed by atoms with Crippen LogP contribution in [0.4, 0.5) is 4.39 Å². The van der Waals surface area contributed by atoms with Crippen LogP contribution >= 0.6 is 0 Å². The molecule has 1 fully saturated rings. The van der Waals surface area contributed by atoms with Gasteiger partial charge < -0.3 is 10.5 Å². The Hall–Kier alpha value is -0.930. The van der Waals surface area contributed by atoms with Crippen molar-refractivity contribution in [2.45, 2.75) is 5.54 Å². The average molecular weight is 167 g/mol. The Morgan fingerprint density at radius 2 is 1.83 bits per heavy atom. The molecule has 12 heavy (non-hydrogen) atoms. The fourth-order valence-electron chi connectivity index (χ4n) is 1.27. The number of hydrogen-bond acceptors (Lipinski definition) is 2. The molecule has 0 aromatic heterocycles. The fraction of sp³-hybridized carbons (Fsp3) is 0.333. The van der Waals surface area contributed by atoms with Crippen molar-refractivity contribution in [2.24, 2.45) is 5.73 Å². The van der Waals surface area contributed by atoms with E-state index in [1.54, 1.807) is 12.1 Å². The number of ether oxygens (including phenoxy) is 1. The Kier molecular flexibility index (Phi) is 1.63. The average Bonchev–Trinajstić information content (AvgIpc) is 2.02. The van der Waals surface area contributed by atoms with Crippen LogP contribution in [0.1, 0.15) is 5.56 Å². The lowest BCUT2D eigenvalue weighted by Crippen LogP contribution is -2.54. The van der Waals surface area contributed by atoms with Crippen LogP contribution in [0.25, 0.3) is 0 Å². The molecule has 0 aliphatic carbocycles. The molecule has 1 saturated heterocycles. The number of nitrogens with two attached hydrogens (primary N) is 1. The molecule has 2 N–H and O–H groups in total. The van der Waals surface area contributed by atoms with Crippen LogP contribution in [-0.2, 0) is 10.3 Å². The van der Waals surface area contributed by atoms with Crippen LogP contribution in [0, 0.1) is 5.82 Å². The van der Waals surface area contributed by atoms with E-state index in [1.807, 2.05) is 0 Å². The van der Waals surface area contributed by atoms with Gasteiger partial charge >= 0.3 is 0 Å². The molecule has 3 heteroatoms. The van der Waals surface area contributed by atoms with Gasteiger partial charge in [-0.25, -0.2) is 4.39 Å². The third kappa shape index (κ3) is 1.11. The van der Waals surface area contributed by atoms with Gasteiger partial charge in [0.05, 0.1) is 18.8 Å². The van der Waals surface area contributed by atoms with Gasteiger partial charge in [0.2, 0.25) is 0 Å². The van der Waals surface area contributed by atoms with E-state index in [9.17, 15) is 4.39 Å². The first-order chi connectivity index (χ1) is 5.71. The highest BCUT2D eigenvalue weighted by Gasteiger charge is 2.35. The smallest absolute Gasteiger partial charge is 0.123 e. The molecule has 1 aliphatic rings. The molecule has 0 amide bonds. The number of halogens is 1. The zero-order chi connectivity index (χ0) is 8.60. The van der Waals surface area contributed by atoms with Gasteiger partial charge in [-0.3, -0.25) is 0 Å². The van der Waals surface area contributed by atoms with Crippen molar-refractivity contribution in [3.8, 4) is 0 Å². The van der Waals surface area contributed by atoms with Crippen LogP contribution in [0.15, 0.2) is 24.3 Å². The molecule has 1 aliphatic heterocycles. The van der Waals surface area contributed by atoms with Crippen molar-refractivity contribution in [1.82, 2.24) is 0 Å². The van der Waals surface area contributed by atoms with Gasteiger partial charge in [-0.05, 0) is 17.7 Å². The standard InChI is InChI=1S/C9H10FNO/c10-8-3-1-7(2-4-8)9(11)5-12-6-9/h1-4H,5-6,11H2. The molecule has 2 nitrogen and oxygen atoms in total. The van der Waals surface area contributed by atoms with Crippen molar-refractivity contribution >= 4 is 0 Å². The minimum Gasteiger partial charge on any atom is -0.377 e. The van der Waals surface area contributed by atoms with Gasteiger partial charge in [0.15, 0.2) is 0 Å². The van der Waals surface area contributed by atoms with E-state index in [4.69, 9.17) is 10.5 Å². The summed E-state index contributed by atoms with van der Waals surface area (Å²) < 4.78 is 17.5. The van der Waals surface area contributed by atoms with E-state index in [0.717, 1.165) is 5.56 Å². The normalized spacial score (nSPS) is 20.2. The minimum absolute atomic E-state index is 0.234. The van der Waals surface area contributed by atoms with Crippen LogP contribution in [0.2, 0.25) is 0 Å². The lowest BCUT2D eigenvalue weighted by Gasteiger charge is -2.38. The van der Waals surface area contributed by atoms with Crippen molar-refractivity contribution in [1.29, 1.82) is 0 Å². The molecule has 1 aromatic rings. The second-order valence-electron chi connectivity index (χ2n) is 3.16. The second-order valence-corrected chi connectivity index (χ2v) is 3.16. The first kappa shape index (κ1) is 7.71. The summed E-state index contributed by atoms with van der Waals surface area (Å²) in [5.41, 5.74) is 6.49. The van der Waals surface area contributed by atoms with Crippen LogP contribution in [0.5, 0.6) is 0 Å². The summed E-state index contributed by atoms with van der Waals surface area (Å²) in [4.78, 5) is 0. The van der Waals surface area contributed by atoms with Gasteiger partial charge in [-0.2, -0.15) is 0 Å². The lowest BCUT2D eigenvalue weighted by molar-refractivity contribution is -0.0569. The van der Waals surface area contributed by atoms with Gasteiger partial charge in [-0.15, -0.1) is 0 Å². The van der Waals surface area contributed by atoms with Crippen LogP contribution in [0.3, 0.4) is 0 Å². The molecule has 2 rings (SSSR count). The van der Waals surface area contributed by atoms with E-state index >= 15 is 0 Å². The van der Waals surface area contributed by atoms with Crippen molar-refractivity contribution < 1.29 is 9.13 Å². The second kappa shape index (κ2) is 2.54. The van der Waals surface area contributed by atoms with E-state index < -0.39 is 0 Å². The minimum atomic E-state index is -0.381. The summed E-state index contributed by atoms with van der Waals surface area (Å²) in [5, 5.41) is 0. The lowest BCUT2D eigenvalue weighted by atomic mass is 9.89. The summed E-state index contributed by atoms with van der Waals surface area (Å²) in [6, 6.07) is 6.25. The van der Waals surface area contributed by atoms with Crippen LogP contribution in [-0.4, -0.2) is 13.2 Å². The molecule has 0 spiro atoms. The number of rotatable bonds is 1. The molecule has 1 aromatic carbocycles. The monoisotopic (exact) mass is 167 g/mol. The predicted molar refractivity (Wildman–Crippen MR) is 43.1 cm³/mol. The summed E-state index contributed by atoms with van der Waals surface area (Å²) >= 11 is 0. The van der Waals surface area contributed by atoms with Gasteiger partial charge in [0, 0.05) is 0 Å². The fourth-order valence-corrected chi connectivity index (χ4v) is 1.27. The highest BCUT2D eigenvalue weighted by atomic mass is 19.1. The van der Waals surface area contributed by atoms with E-state index in [0.29, 0.717) is 13.2 Å². The predicted octanol–water partition coefficient (Wildman–Crippen LogP) is 1.01. The zero-order valence-electron chi connectivity index (χ0n) is 6.59. The van der Waals surface area contributed by atoms with Crippen molar-refractivity contribution in [3.63, 3.8) is 0 Å². The molecule has 64 valence electrons. The molecule has 0 bridgehead atoms. The molecular weight excluding hydrogens is 157 g/mol. The van der Waals surface area contributed by atoms with E-state index in [-0.39, 0.29) is 11.4 Å². The third-order valence-corrected chi connectivity index (χ3v) is 2.14. The highest BCUT2D eigenvalue weighted by molar-refractivity contribution is 5.26. The topological polar surface area (TPSA) is 35.2 Å². The van der Waals surface area contributed by atoms with Crippen LogP contribution < -0.4 is 5.73 Å². The highest BCUT2D eigenvalue weighted by Crippen LogP contribution is 2.26. The van der Waals surface area contributed by atoms with Crippen molar-refractivity contribution in [2.75, 3.05) is 13.2 Å². The first-order valence-corrected chi connectivity index (χ1v) is 3.83. The Labute approximate surface area is 70.1 Å². The quantitative estimate of drug-likeness (QED) is 0.677. The summed E-state index contributed by atoms with van der Waals surface area (Å²) in [7, 11) is 0.